The molecular weight excluding hydrogens is 394 g/mol. The normalized spacial score (nSPS) is 18.6. The molecule has 0 radical (unpaired) electrons. The van der Waals surface area contributed by atoms with Gasteiger partial charge in [-0.1, -0.05) is 0 Å². The number of carbonyl (C=O) groups excluding carboxylic acids is 1. The summed E-state index contributed by atoms with van der Waals surface area (Å²) in [4.78, 5) is 25.1. The summed E-state index contributed by atoms with van der Waals surface area (Å²) in [6.07, 6.45) is 0.221. The van der Waals surface area contributed by atoms with Crippen LogP contribution >= 0.6 is 0 Å². The molecule has 7 nitrogen and oxygen atoms in total. The molecule has 0 unspecified atom stereocenters. The summed E-state index contributed by atoms with van der Waals surface area (Å²) >= 11 is 0. The zero-order chi connectivity index (χ0) is 21.1. The highest BCUT2D eigenvalue weighted by Gasteiger charge is 2.29. The molecule has 8 heteroatoms. The van der Waals surface area contributed by atoms with E-state index in [0.717, 1.165) is 22.3 Å². The molecule has 29 heavy (non-hydrogen) atoms. The largest absolute Gasteiger partial charge is 0.460 e. The second-order valence-corrected chi connectivity index (χ2v) is 10.1. The number of carbonyl (C=O) groups is 1. The first kappa shape index (κ1) is 19.7. The lowest BCUT2D eigenvalue weighted by Crippen LogP contribution is -2.37. The highest BCUT2D eigenvalue weighted by Crippen LogP contribution is 2.36. The molecule has 1 aliphatic rings. The second kappa shape index (κ2) is 6.73. The average molecular weight is 417 g/mol. The summed E-state index contributed by atoms with van der Waals surface area (Å²) in [5, 5.41) is 4.40. The van der Waals surface area contributed by atoms with Crippen LogP contribution in [-0.4, -0.2) is 31.9 Å². The van der Waals surface area contributed by atoms with Crippen molar-refractivity contribution in [2.45, 2.75) is 46.6 Å². The predicted octanol–water partition coefficient (Wildman–Crippen LogP) is 2.62. The third-order valence-corrected chi connectivity index (χ3v) is 7.58. The molecule has 0 saturated carbocycles. The molecule has 3 aromatic rings. The van der Waals surface area contributed by atoms with Crippen molar-refractivity contribution in [3.8, 4) is 0 Å². The van der Waals surface area contributed by atoms with Crippen LogP contribution in [0.1, 0.15) is 34.4 Å². The van der Waals surface area contributed by atoms with Crippen molar-refractivity contribution in [2.24, 2.45) is 0 Å². The summed E-state index contributed by atoms with van der Waals surface area (Å²) in [6, 6.07) is 1.41. The fraction of sp³-hybridized carbons (Fsp3) is 0.429. The van der Waals surface area contributed by atoms with E-state index in [1.54, 1.807) is 6.92 Å². The van der Waals surface area contributed by atoms with Crippen LogP contribution in [0.15, 0.2) is 19.7 Å². The molecule has 154 valence electrons. The smallest absolute Gasteiger partial charge is 0.340 e. The van der Waals surface area contributed by atoms with Crippen LogP contribution in [0.2, 0.25) is 0 Å². The quantitative estimate of drug-likeness (QED) is 0.657. The Morgan fingerprint density at radius 3 is 2.52 bits per heavy atom. The van der Waals surface area contributed by atoms with E-state index in [2.05, 4.69) is 5.32 Å². The fourth-order valence-electron chi connectivity index (χ4n) is 4.18. The van der Waals surface area contributed by atoms with Crippen LogP contribution < -0.4 is 10.9 Å². The van der Waals surface area contributed by atoms with Crippen LogP contribution in [0.25, 0.3) is 21.9 Å². The molecule has 1 atom stereocenters. The van der Waals surface area contributed by atoms with E-state index in [1.807, 2.05) is 26.8 Å². The van der Waals surface area contributed by atoms with Gasteiger partial charge in [0.25, 0.3) is 0 Å². The van der Waals surface area contributed by atoms with Crippen molar-refractivity contribution < 1.29 is 22.0 Å². The van der Waals surface area contributed by atoms with Gasteiger partial charge in [-0.05, 0) is 56.9 Å². The van der Waals surface area contributed by atoms with Gasteiger partial charge < -0.3 is 14.2 Å². The highest BCUT2D eigenvalue weighted by molar-refractivity contribution is 7.91. The number of hydrogen-bond acceptors (Lipinski definition) is 6. The number of furan rings is 1. The number of nitrogens with one attached hydrogen (secondary N) is 1. The molecule has 1 fully saturated rings. The summed E-state index contributed by atoms with van der Waals surface area (Å²) in [6.45, 7) is 7.59. The van der Waals surface area contributed by atoms with Crippen LogP contribution in [0.3, 0.4) is 0 Å². The summed E-state index contributed by atoms with van der Waals surface area (Å²) in [5.74, 6) is 0.415. The van der Waals surface area contributed by atoms with Crippen LogP contribution in [-0.2, 0) is 21.1 Å². The Labute approximate surface area is 168 Å². The van der Waals surface area contributed by atoms with Crippen molar-refractivity contribution in [2.75, 3.05) is 11.5 Å². The van der Waals surface area contributed by atoms with Crippen LogP contribution in [0.5, 0.6) is 0 Å². The lowest BCUT2D eigenvalue weighted by Gasteiger charge is -2.12. The molecule has 2 aromatic heterocycles. The van der Waals surface area contributed by atoms with Crippen molar-refractivity contribution in [3.05, 3.63) is 44.5 Å². The van der Waals surface area contributed by atoms with Gasteiger partial charge in [0.15, 0.2) is 9.84 Å². The Kier molecular flexibility index (Phi) is 4.57. The van der Waals surface area contributed by atoms with Gasteiger partial charge in [0, 0.05) is 11.4 Å². The average Bonchev–Trinajstić information content (AvgIpc) is 3.10. The fourth-order valence-corrected chi connectivity index (χ4v) is 5.86. The van der Waals surface area contributed by atoms with Gasteiger partial charge in [-0.15, -0.1) is 0 Å². The second-order valence-electron chi connectivity index (χ2n) is 7.89. The Morgan fingerprint density at radius 1 is 1.14 bits per heavy atom. The molecule has 1 saturated heterocycles. The number of sulfone groups is 1. The third kappa shape index (κ3) is 3.35. The maximum Gasteiger partial charge on any atom is 0.340 e. The number of benzene rings is 1. The molecule has 0 aliphatic carbocycles. The Balaban J connectivity index is 1.76. The summed E-state index contributed by atoms with van der Waals surface area (Å²) in [7, 11) is -3.10. The van der Waals surface area contributed by atoms with Crippen molar-refractivity contribution in [3.63, 3.8) is 0 Å². The van der Waals surface area contributed by atoms with E-state index < -0.39 is 27.4 Å². The number of amides is 1. The zero-order valence-electron chi connectivity index (χ0n) is 16.8. The number of aryl methyl sites for hydroxylation is 4. The molecule has 1 aromatic carbocycles. The van der Waals surface area contributed by atoms with Gasteiger partial charge in [-0.25, -0.2) is 13.2 Å². The van der Waals surface area contributed by atoms with Crippen LogP contribution in [0.4, 0.5) is 0 Å². The zero-order valence-corrected chi connectivity index (χ0v) is 17.7. The van der Waals surface area contributed by atoms with Crippen LogP contribution in [0, 0.1) is 27.7 Å². The number of rotatable bonds is 3. The van der Waals surface area contributed by atoms with Gasteiger partial charge in [-0.3, -0.25) is 4.79 Å². The van der Waals surface area contributed by atoms with Gasteiger partial charge in [0.1, 0.15) is 16.9 Å². The Hall–Kier alpha value is -2.61. The first-order valence-electron chi connectivity index (χ1n) is 9.53. The van der Waals surface area contributed by atoms with Crippen molar-refractivity contribution >= 4 is 37.7 Å². The molecule has 0 spiro atoms. The van der Waals surface area contributed by atoms with E-state index in [1.165, 1.54) is 0 Å². The SMILES string of the molecule is Cc1oc2c(c(C)cc3oc(=O)c(CC(=O)N[C@H]4CCS(=O)(=O)C4)c(C)c32)c1C. The van der Waals surface area contributed by atoms with E-state index in [-0.39, 0.29) is 23.5 Å². The highest BCUT2D eigenvalue weighted by atomic mass is 32.2. The standard InChI is InChI=1S/C21H23NO6S/c1-10-7-16-19(20-18(10)11(2)13(4)27-20)12(3)15(21(24)28-16)8-17(23)22-14-5-6-29(25,26)9-14/h7,14H,5-6,8-9H2,1-4H3,(H,22,23)/t14-/m0/s1. The number of hydrogen-bond donors (Lipinski definition) is 1. The minimum absolute atomic E-state index is 0.0606. The Morgan fingerprint density at radius 2 is 1.86 bits per heavy atom. The van der Waals surface area contributed by atoms with Gasteiger partial charge in [0.05, 0.1) is 28.9 Å². The molecular formula is C21H23NO6S. The lowest BCUT2D eigenvalue weighted by molar-refractivity contribution is -0.121. The lowest BCUT2D eigenvalue weighted by atomic mass is 9.98. The maximum absolute atomic E-state index is 12.6. The van der Waals surface area contributed by atoms with Gasteiger partial charge in [0.2, 0.25) is 5.91 Å². The summed E-state index contributed by atoms with van der Waals surface area (Å²) < 4.78 is 34.7. The first-order valence-corrected chi connectivity index (χ1v) is 11.3. The van der Waals surface area contributed by atoms with Gasteiger partial charge >= 0.3 is 5.63 Å². The molecule has 3 heterocycles. The number of fused-ring (bicyclic) bond motifs is 3. The summed E-state index contributed by atoms with van der Waals surface area (Å²) in [5.41, 5.74) is 3.40. The van der Waals surface area contributed by atoms with E-state index in [4.69, 9.17) is 8.83 Å². The molecule has 1 N–H and O–H groups in total. The van der Waals surface area contributed by atoms with E-state index in [9.17, 15) is 18.0 Å². The molecule has 1 aliphatic heterocycles. The monoisotopic (exact) mass is 417 g/mol. The van der Waals surface area contributed by atoms with E-state index >= 15 is 0 Å². The predicted molar refractivity (Wildman–Crippen MR) is 110 cm³/mol. The molecule has 0 bridgehead atoms. The minimum atomic E-state index is -3.10. The Bertz CT molecular complexity index is 1330. The van der Waals surface area contributed by atoms with E-state index in [0.29, 0.717) is 28.5 Å². The van der Waals surface area contributed by atoms with Crippen molar-refractivity contribution in [1.82, 2.24) is 5.32 Å². The topological polar surface area (TPSA) is 107 Å². The maximum atomic E-state index is 12.6. The first-order chi connectivity index (χ1) is 13.6. The third-order valence-electron chi connectivity index (χ3n) is 5.81. The molecule has 1 amide bonds. The minimum Gasteiger partial charge on any atom is -0.460 e. The molecule has 4 rings (SSSR count). The van der Waals surface area contributed by atoms with Crippen molar-refractivity contribution in [1.29, 1.82) is 0 Å². The van der Waals surface area contributed by atoms with Gasteiger partial charge in [-0.2, -0.15) is 0 Å².